The smallest absolute Gasteiger partial charge is 0.417 e. The summed E-state index contributed by atoms with van der Waals surface area (Å²) in [6.07, 6.45) is 7.58. The van der Waals surface area contributed by atoms with Crippen molar-refractivity contribution in [3.05, 3.63) is 35.1 Å². The summed E-state index contributed by atoms with van der Waals surface area (Å²) < 4.78 is 16.2. The predicted octanol–water partition coefficient (Wildman–Crippen LogP) is 3.61. The summed E-state index contributed by atoms with van der Waals surface area (Å²) in [5, 5.41) is 0. The van der Waals surface area contributed by atoms with E-state index in [2.05, 4.69) is 6.08 Å². The Labute approximate surface area is 170 Å². The minimum absolute atomic E-state index is 0.133. The largest absolute Gasteiger partial charge is 0.458 e. The van der Waals surface area contributed by atoms with E-state index in [1.807, 2.05) is 0 Å². The fourth-order valence-corrected chi connectivity index (χ4v) is 4.66. The molecule has 2 amide bonds. The first kappa shape index (κ1) is 19.7. The number of hydrogen-bond acceptors (Lipinski definition) is 6. The highest BCUT2D eigenvalue weighted by Crippen LogP contribution is 2.51. The molecule has 7 nitrogen and oxygen atoms in total. The Morgan fingerprint density at radius 3 is 2.72 bits per heavy atom. The van der Waals surface area contributed by atoms with Gasteiger partial charge in [0.25, 0.3) is 12.2 Å². The number of amides is 2. The number of nitrogens with zero attached hydrogens (tertiary/aromatic N) is 1. The average molecular weight is 401 g/mol. The van der Waals surface area contributed by atoms with Crippen LogP contribution in [0.1, 0.15) is 53.4 Å². The predicted molar refractivity (Wildman–Crippen MR) is 103 cm³/mol. The summed E-state index contributed by atoms with van der Waals surface area (Å²) >= 11 is 0. The van der Waals surface area contributed by atoms with Gasteiger partial charge in [-0.3, -0.25) is 4.79 Å². The van der Waals surface area contributed by atoms with E-state index in [9.17, 15) is 14.4 Å². The highest BCUT2D eigenvalue weighted by Gasteiger charge is 2.56. The fourth-order valence-electron chi connectivity index (χ4n) is 4.66. The van der Waals surface area contributed by atoms with Crippen LogP contribution in [0, 0.1) is 11.8 Å². The number of ether oxygens (including phenoxy) is 3. The second-order valence-electron chi connectivity index (χ2n) is 9.11. The van der Waals surface area contributed by atoms with E-state index >= 15 is 0 Å². The number of allylic oxidation sites excluding steroid dienone is 1. The van der Waals surface area contributed by atoms with Crippen LogP contribution in [0.5, 0.6) is 0 Å². The molecule has 1 saturated heterocycles. The van der Waals surface area contributed by atoms with Crippen molar-refractivity contribution in [1.82, 2.24) is 4.90 Å². The summed E-state index contributed by atoms with van der Waals surface area (Å²) in [4.78, 5) is 38.9. The Morgan fingerprint density at radius 1 is 1.31 bits per heavy atom. The number of rotatable bonds is 2. The molecule has 4 aliphatic rings. The van der Waals surface area contributed by atoms with E-state index in [1.165, 1.54) is 11.2 Å². The van der Waals surface area contributed by atoms with E-state index in [0.29, 0.717) is 17.1 Å². The quantitative estimate of drug-likeness (QED) is 0.304. The number of likely N-dealkylation sites (tertiary alicyclic amines) is 1. The molecule has 2 aliphatic heterocycles. The third kappa shape index (κ3) is 3.58. The molecule has 0 radical (unpaired) electrons. The maximum Gasteiger partial charge on any atom is 0.417 e. The van der Waals surface area contributed by atoms with E-state index in [0.717, 1.165) is 31.3 Å². The van der Waals surface area contributed by atoms with Crippen molar-refractivity contribution in [2.24, 2.45) is 11.8 Å². The maximum absolute atomic E-state index is 13.2. The monoisotopic (exact) mass is 401 g/mol. The minimum atomic E-state index is -0.847. The highest BCUT2D eigenvalue weighted by molar-refractivity contribution is 6.06. The SMILES string of the molecule is CC1=CC(OC=C2C(=O)N(C(=O)OC(C)(C)C)C3C4=CCCCC4CC23)OC1=O. The van der Waals surface area contributed by atoms with Crippen molar-refractivity contribution in [3.8, 4) is 0 Å². The van der Waals surface area contributed by atoms with Gasteiger partial charge < -0.3 is 14.2 Å². The van der Waals surface area contributed by atoms with E-state index in [-0.39, 0.29) is 12.0 Å². The lowest BCUT2D eigenvalue weighted by atomic mass is 9.89. The van der Waals surface area contributed by atoms with Gasteiger partial charge in [0, 0.05) is 17.6 Å². The molecule has 0 aromatic rings. The summed E-state index contributed by atoms with van der Waals surface area (Å²) in [6, 6.07) is -0.319. The zero-order valence-corrected chi connectivity index (χ0v) is 17.3. The van der Waals surface area contributed by atoms with Gasteiger partial charge in [-0.2, -0.15) is 0 Å². The number of carbonyl (C=O) groups excluding carboxylic acids is 3. The van der Waals surface area contributed by atoms with Gasteiger partial charge in [-0.25, -0.2) is 14.5 Å². The number of imide groups is 1. The molecule has 0 spiro atoms. The van der Waals surface area contributed by atoms with Crippen LogP contribution in [0.15, 0.2) is 35.1 Å². The molecule has 7 heteroatoms. The second-order valence-corrected chi connectivity index (χ2v) is 9.11. The first-order valence-corrected chi connectivity index (χ1v) is 10.2. The van der Waals surface area contributed by atoms with E-state index in [1.54, 1.807) is 33.8 Å². The first-order valence-electron chi connectivity index (χ1n) is 10.2. The molecular weight excluding hydrogens is 374 g/mol. The van der Waals surface area contributed by atoms with E-state index < -0.39 is 29.9 Å². The van der Waals surface area contributed by atoms with Gasteiger partial charge in [-0.1, -0.05) is 6.08 Å². The molecule has 0 aromatic carbocycles. The first-order chi connectivity index (χ1) is 13.7. The fraction of sp³-hybridized carbons (Fsp3) is 0.591. The number of hydrogen-bond donors (Lipinski definition) is 0. The lowest BCUT2D eigenvalue weighted by molar-refractivity contribution is -0.152. The Bertz CT molecular complexity index is 846. The molecule has 2 fully saturated rings. The van der Waals surface area contributed by atoms with Crippen LogP contribution in [-0.2, 0) is 23.8 Å². The Kier molecular flexibility index (Phi) is 4.79. The van der Waals surface area contributed by atoms with Crippen LogP contribution in [0.2, 0.25) is 0 Å². The Morgan fingerprint density at radius 2 is 2.07 bits per heavy atom. The van der Waals surface area contributed by atoms with Crippen LogP contribution in [0.4, 0.5) is 4.79 Å². The molecule has 1 saturated carbocycles. The molecule has 0 N–H and O–H groups in total. The molecular formula is C22H27NO6. The third-order valence-corrected chi connectivity index (χ3v) is 5.86. The number of fused-ring (bicyclic) bond motifs is 3. The molecule has 156 valence electrons. The van der Waals surface area contributed by atoms with Gasteiger partial charge in [-0.05, 0) is 64.9 Å². The summed E-state index contributed by atoms with van der Waals surface area (Å²) in [7, 11) is 0. The van der Waals surface area contributed by atoms with Gasteiger partial charge in [0.2, 0.25) is 0 Å². The number of esters is 1. The van der Waals surface area contributed by atoms with Crippen molar-refractivity contribution in [1.29, 1.82) is 0 Å². The molecule has 4 atom stereocenters. The molecule has 2 aliphatic carbocycles. The van der Waals surface area contributed by atoms with Crippen molar-refractivity contribution in [2.45, 2.75) is 71.3 Å². The van der Waals surface area contributed by atoms with Gasteiger partial charge in [0.15, 0.2) is 0 Å². The zero-order valence-electron chi connectivity index (χ0n) is 17.3. The lowest BCUT2D eigenvalue weighted by Gasteiger charge is -2.29. The average Bonchev–Trinajstić information content (AvgIpc) is 3.23. The number of carbonyl (C=O) groups is 3. The van der Waals surface area contributed by atoms with Crippen molar-refractivity contribution in [3.63, 3.8) is 0 Å². The van der Waals surface area contributed by atoms with Gasteiger partial charge in [-0.15, -0.1) is 0 Å². The molecule has 0 aromatic heterocycles. The second kappa shape index (κ2) is 7.04. The van der Waals surface area contributed by atoms with Gasteiger partial charge in [0.05, 0.1) is 17.9 Å². The standard InChI is InChI=1S/C22H27NO6/c1-12-9-17(28-20(12)25)27-11-16-15-10-13-7-5-6-8-14(13)18(15)23(19(16)24)21(26)29-22(2,3)4/h8-9,11,13,15,17-18H,5-7,10H2,1-4H3. The third-order valence-electron chi connectivity index (χ3n) is 5.86. The maximum atomic E-state index is 13.2. The topological polar surface area (TPSA) is 82.1 Å². The van der Waals surface area contributed by atoms with Gasteiger partial charge in [0.1, 0.15) is 5.60 Å². The van der Waals surface area contributed by atoms with Crippen molar-refractivity contribution < 1.29 is 28.6 Å². The van der Waals surface area contributed by atoms with Crippen LogP contribution in [-0.4, -0.2) is 40.8 Å². The van der Waals surface area contributed by atoms with Crippen LogP contribution < -0.4 is 0 Å². The van der Waals surface area contributed by atoms with Crippen LogP contribution in [0.25, 0.3) is 0 Å². The lowest BCUT2D eigenvalue weighted by Crippen LogP contribution is -2.43. The normalized spacial score (nSPS) is 32.6. The van der Waals surface area contributed by atoms with Crippen molar-refractivity contribution in [2.75, 3.05) is 0 Å². The summed E-state index contributed by atoms with van der Waals surface area (Å²) in [6.45, 7) is 6.99. The Hall–Kier alpha value is -2.57. The molecule has 4 rings (SSSR count). The number of cyclic esters (lactones) is 1. The minimum Gasteiger partial charge on any atom is -0.458 e. The Balaban J connectivity index is 1.63. The molecule has 0 bridgehead atoms. The summed E-state index contributed by atoms with van der Waals surface area (Å²) in [5.41, 5.74) is 1.36. The van der Waals surface area contributed by atoms with Gasteiger partial charge >= 0.3 is 12.1 Å². The molecule has 2 heterocycles. The van der Waals surface area contributed by atoms with E-state index in [4.69, 9.17) is 14.2 Å². The van der Waals surface area contributed by atoms with Crippen LogP contribution in [0.3, 0.4) is 0 Å². The molecule has 4 unspecified atom stereocenters. The summed E-state index contributed by atoms with van der Waals surface area (Å²) in [5.74, 6) is -0.598. The molecule has 29 heavy (non-hydrogen) atoms. The van der Waals surface area contributed by atoms with Crippen molar-refractivity contribution >= 4 is 18.0 Å². The zero-order chi connectivity index (χ0) is 20.9. The highest BCUT2D eigenvalue weighted by atomic mass is 16.7. The van der Waals surface area contributed by atoms with Crippen LogP contribution >= 0.6 is 0 Å².